The van der Waals surface area contributed by atoms with E-state index in [1.807, 2.05) is 12.1 Å². The molecule has 0 fully saturated rings. The van der Waals surface area contributed by atoms with Crippen molar-refractivity contribution >= 4 is 23.3 Å². The molecule has 1 atom stereocenters. The van der Waals surface area contributed by atoms with Gasteiger partial charge in [-0.2, -0.15) is 0 Å². The third-order valence-electron chi connectivity index (χ3n) is 4.09. The standard InChI is InChI=1S/C21H24N2O6/c1-14(29-16-11-9-15(10-12-16)21(2,3)4)20(25)28-13-19(24)22-17-7-5-6-8-18(17)23(26)27/h5-12,14H,13H2,1-4H3,(H,22,24)/t14-/m0/s1. The summed E-state index contributed by atoms with van der Waals surface area (Å²) < 4.78 is 10.5. The Balaban J connectivity index is 1.87. The van der Waals surface area contributed by atoms with Gasteiger partial charge in [-0.05, 0) is 36.1 Å². The van der Waals surface area contributed by atoms with Crippen molar-refractivity contribution in [2.75, 3.05) is 11.9 Å². The number of nitro groups is 1. The lowest BCUT2D eigenvalue weighted by Crippen LogP contribution is -2.29. The Morgan fingerprint density at radius 1 is 1.10 bits per heavy atom. The lowest BCUT2D eigenvalue weighted by atomic mass is 9.87. The molecule has 0 aliphatic carbocycles. The van der Waals surface area contributed by atoms with E-state index in [4.69, 9.17) is 9.47 Å². The second-order valence-electron chi connectivity index (χ2n) is 7.46. The Hall–Kier alpha value is -3.42. The summed E-state index contributed by atoms with van der Waals surface area (Å²) in [5, 5.41) is 13.3. The van der Waals surface area contributed by atoms with Crippen LogP contribution in [-0.4, -0.2) is 29.5 Å². The molecule has 0 bridgehead atoms. The number of hydrogen-bond acceptors (Lipinski definition) is 6. The molecule has 0 saturated carbocycles. The smallest absolute Gasteiger partial charge is 0.347 e. The molecule has 154 valence electrons. The van der Waals surface area contributed by atoms with Gasteiger partial charge in [-0.1, -0.05) is 45.0 Å². The van der Waals surface area contributed by atoms with Crippen LogP contribution < -0.4 is 10.1 Å². The molecule has 0 unspecified atom stereocenters. The van der Waals surface area contributed by atoms with E-state index in [0.717, 1.165) is 5.56 Å². The van der Waals surface area contributed by atoms with Crippen LogP contribution >= 0.6 is 0 Å². The van der Waals surface area contributed by atoms with Crippen LogP contribution in [0.5, 0.6) is 5.75 Å². The molecule has 0 spiro atoms. The fraction of sp³-hybridized carbons (Fsp3) is 0.333. The van der Waals surface area contributed by atoms with Gasteiger partial charge in [0.2, 0.25) is 0 Å². The molecular weight excluding hydrogens is 376 g/mol. The molecule has 2 rings (SSSR count). The van der Waals surface area contributed by atoms with Gasteiger partial charge in [0.15, 0.2) is 12.7 Å². The minimum Gasteiger partial charge on any atom is -0.479 e. The number of para-hydroxylation sites is 2. The SMILES string of the molecule is C[C@H](Oc1ccc(C(C)(C)C)cc1)C(=O)OCC(=O)Nc1ccccc1[N+](=O)[O-]. The average molecular weight is 400 g/mol. The van der Waals surface area contributed by atoms with Crippen molar-refractivity contribution in [1.29, 1.82) is 0 Å². The highest BCUT2D eigenvalue weighted by Crippen LogP contribution is 2.25. The van der Waals surface area contributed by atoms with E-state index in [1.165, 1.54) is 25.1 Å². The highest BCUT2D eigenvalue weighted by atomic mass is 16.6. The highest BCUT2D eigenvalue weighted by molar-refractivity contribution is 5.95. The average Bonchev–Trinajstić information content (AvgIpc) is 2.66. The summed E-state index contributed by atoms with van der Waals surface area (Å²) >= 11 is 0. The number of anilines is 1. The van der Waals surface area contributed by atoms with Crippen molar-refractivity contribution in [3.63, 3.8) is 0 Å². The van der Waals surface area contributed by atoms with Crippen molar-refractivity contribution in [3.8, 4) is 5.75 Å². The van der Waals surface area contributed by atoms with Crippen LogP contribution in [0.15, 0.2) is 48.5 Å². The summed E-state index contributed by atoms with van der Waals surface area (Å²) in [6.45, 7) is 7.22. The molecule has 0 aliphatic rings. The van der Waals surface area contributed by atoms with E-state index in [0.29, 0.717) is 5.75 Å². The first kappa shape index (κ1) is 21.9. The molecule has 2 aromatic carbocycles. The zero-order valence-electron chi connectivity index (χ0n) is 16.8. The van der Waals surface area contributed by atoms with Crippen LogP contribution in [0, 0.1) is 10.1 Å². The molecule has 2 aromatic rings. The lowest BCUT2D eigenvalue weighted by Gasteiger charge is -2.20. The van der Waals surface area contributed by atoms with Gasteiger partial charge in [0, 0.05) is 6.07 Å². The number of amides is 1. The summed E-state index contributed by atoms with van der Waals surface area (Å²) in [6, 6.07) is 13.1. The number of rotatable bonds is 7. The van der Waals surface area contributed by atoms with Crippen LogP contribution in [0.25, 0.3) is 0 Å². The first-order valence-electron chi connectivity index (χ1n) is 9.05. The number of carbonyl (C=O) groups is 2. The predicted molar refractivity (Wildman–Crippen MR) is 108 cm³/mol. The minimum absolute atomic E-state index is 0.00423. The van der Waals surface area contributed by atoms with E-state index in [1.54, 1.807) is 18.2 Å². The summed E-state index contributed by atoms with van der Waals surface area (Å²) in [6.07, 6.45) is -0.922. The number of esters is 1. The fourth-order valence-corrected chi connectivity index (χ4v) is 2.46. The Morgan fingerprint density at radius 3 is 2.31 bits per heavy atom. The molecule has 0 heterocycles. The molecule has 29 heavy (non-hydrogen) atoms. The van der Waals surface area contributed by atoms with Gasteiger partial charge >= 0.3 is 5.97 Å². The second kappa shape index (κ2) is 9.18. The molecule has 0 aromatic heterocycles. The largest absolute Gasteiger partial charge is 0.479 e. The van der Waals surface area contributed by atoms with E-state index < -0.39 is 29.5 Å². The van der Waals surface area contributed by atoms with Crippen molar-refractivity contribution in [3.05, 3.63) is 64.2 Å². The number of benzene rings is 2. The van der Waals surface area contributed by atoms with Gasteiger partial charge in [-0.3, -0.25) is 14.9 Å². The second-order valence-corrected chi connectivity index (χ2v) is 7.46. The maximum atomic E-state index is 12.1. The van der Waals surface area contributed by atoms with Crippen molar-refractivity contribution < 1.29 is 24.0 Å². The summed E-state index contributed by atoms with van der Waals surface area (Å²) in [7, 11) is 0. The summed E-state index contributed by atoms with van der Waals surface area (Å²) in [5.41, 5.74) is 0.917. The molecule has 0 saturated heterocycles. The monoisotopic (exact) mass is 400 g/mol. The summed E-state index contributed by atoms with van der Waals surface area (Å²) in [4.78, 5) is 34.4. The number of nitrogens with zero attached hydrogens (tertiary/aromatic N) is 1. The number of hydrogen-bond donors (Lipinski definition) is 1. The van der Waals surface area contributed by atoms with Gasteiger partial charge in [0.05, 0.1) is 4.92 Å². The molecule has 1 N–H and O–H groups in total. The number of ether oxygens (including phenoxy) is 2. The molecule has 8 nitrogen and oxygen atoms in total. The van der Waals surface area contributed by atoms with Crippen molar-refractivity contribution in [1.82, 2.24) is 0 Å². The van der Waals surface area contributed by atoms with E-state index in [-0.39, 0.29) is 16.8 Å². The lowest BCUT2D eigenvalue weighted by molar-refractivity contribution is -0.383. The number of nitro benzene ring substituents is 1. The van der Waals surface area contributed by atoms with Gasteiger partial charge in [-0.25, -0.2) is 4.79 Å². The van der Waals surface area contributed by atoms with Gasteiger partial charge in [0.25, 0.3) is 11.6 Å². The van der Waals surface area contributed by atoms with Crippen LogP contribution in [0.1, 0.15) is 33.3 Å². The van der Waals surface area contributed by atoms with Crippen LogP contribution in [0.3, 0.4) is 0 Å². The quantitative estimate of drug-likeness (QED) is 0.430. The van der Waals surface area contributed by atoms with Crippen LogP contribution in [-0.2, 0) is 19.7 Å². The Labute approximate surface area is 169 Å². The molecule has 1 amide bonds. The number of nitrogens with one attached hydrogen (secondary N) is 1. The van der Waals surface area contributed by atoms with Gasteiger partial charge in [0.1, 0.15) is 11.4 Å². The van der Waals surface area contributed by atoms with Gasteiger partial charge in [-0.15, -0.1) is 0 Å². The third-order valence-corrected chi connectivity index (χ3v) is 4.09. The Morgan fingerprint density at radius 2 is 1.72 bits per heavy atom. The Bertz CT molecular complexity index is 887. The zero-order valence-corrected chi connectivity index (χ0v) is 16.8. The van der Waals surface area contributed by atoms with E-state index in [9.17, 15) is 19.7 Å². The first-order valence-corrected chi connectivity index (χ1v) is 9.05. The van der Waals surface area contributed by atoms with Crippen molar-refractivity contribution in [2.45, 2.75) is 39.2 Å². The third kappa shape index (κ3) is 6.31. The zero-order chi connectivity index (χ0) is 21.6. The van der Waals surface area contributed by atoms with Gasteiger partial charge < -0.3 is 14.8 Å². The van der Waals surface area contributed by atoms with Crippen LogP contribution in [0.4, 0.5) is 11.4 Å². The predicted octanol–water partition coefficient (Wildman–Crippen LogP) is 3.84. The molecule has 0 aliphatic heterocycles. The van der Waals surface area contributed by atoms with Crippen LogP contribution in [0.2, 0.25) is 0 Å². The Kier molecular flexibility index (Phi) is 6.93. The normalized spacial score (nSPS) is 12.0. The number of carbonyl (C=O) groups excluding carboxylic acids is 2. The topological polar surface area (TPSA) is 108 Å². The molecular formula is C21H24N2O6. The summed E-state index contributed by atoms with van der Waals surface area (Å²) in [5.74, 6) is -0.899. The fourth-order valence-electron chi connectivity index (χ4n) is 2.46. The first-order chi connectivity index (χ1) is 13.6. The maximum absolute atomic E-state index is 12.1. The maximum Gasteiger partial charge on any atom is 0.347 e. The minimum atomic E-state index is -0.922. The van der Waals surface area contributed by atoms with E-state index in [2.05, 4.69) is 26.1 Å². The van der Waals surface area contributed by atoms with E-state index >= 15 is 0 Å². The molecule has 0 radical (unpaired) electrons. The highest BCUT2D eigenvalue weighted by Gasteiger charge is 2.20. The molecule has 8 heteroatoms. The van der Waals surface area contributed by atoms with Crippen molar-refractivity contribution in [2.24, 2.45) is 0 Å².